The van der Waals surface area contributed by atoms with Crippen LogP contribution in [0.5, 0.6) is 0 Å². The molecule has 1 fully saturated rings. The Kier molecular flexibility index (Phi) is 7.78. The summed E-state index contributed by atoms with van der Waals surface area (Å²) < 4.78 is 0. The minimum Gasteiger partial charge on any atom is -0.362 e. The second kappa shape index (κ2) is 10.2. The lowest BCUT2D eigenvalue weighted by Crippen LogP contribution is -2.51. The summed E-state index contributed by atoms with van der Waals surface area (Å²) in [6.07, 6.45) is 3.26. The third-order valence-corrected chi connectivity index (χ3v) is 6.47. The molecule has 0 unspecified atom stereocenters. The lowest BCUT2D eigenvalue weighted by Gasteiger charge is -2.47. The molecule has 1 aliphatic rings. The van der Waals surface area contributed by atoms with E-state index < -0.39 is 0 Å². The molecule has 3 rings (SSSR count). The second-order valence-electron chi connectivity index (χ2n) is 10.4. The molecule has 0 spiro atoms. The van der Waals surface area contributed by atoms with Crippen LogP contribution in [0.25, 0.3) is 0 Å². The van der Waals surface area contributed by atoms with Gasteiger partial charge in [0.1, 0.15) is 0 Å². The van der Waals surface area contributed by atoms with E-state index in [-0.39, 0.29) is 10.8 Å². The normalized spacial score (nSPS) is 22.0. The van der Waals surface area contributed by atoms with Crippen molar-refractivity contribution in [2.75, 3.05) is 17.2 Å². The smallest absolute Gasteiger partial charge is 0.170 e. The highest BCUT2D eigenvalue weighted by atomic mass is 32.1. The molecule has 0 amide bonds. The molecule has 0 radical (unpaired) electrons. The van der Waals surface area contributed by atoms with E-state index in [1.807, 2.05) is 24.3 Å². The Morgan fingerprint density at radius 1 is 0.875 bits per heavy atom. The molecule has 4 N–H and O–H groups in total. The van der Waals surface area contributed by atoms with Crippen LogP contribution < -0.4 is 21.3 Å². The monoisotopic (exact) mass is 468 g/mol. The molecule has 1 saturated carbocycles. The van der Waals surface area contributed by atoms with Crippen LogP contribution in [-0.4, -0.2) is 22.8 Å². The molecular formula is C26H36N4S2. The van der Waals surface area contributed by atoms with Gasteiger partial charge >= 0.3 is 0 Å². The highest BCUT2D eigenvalue weighted by Crippen LogP contribution is 2.45. The van der Waals surface area contributed by atoms with E-state index in [0.29, 0.717) is 16.3 Å². The number of thiocarbonyl (C=S) groups is 2. The van der Waals surface area contributed by atoms with Gasteiger partial charge in [-0.3, -0.25) is 0 Å². The highest BCUT2D eigenvalue weighted by molar-refractivity contribution is 7.80. The van der Waals surface area contributed by atoms with Gasteiger partial charge in [0.25, 0.3) is 0 Å². The predicted octanol–water partition coefficient (Wildman–Crippen LogP) is 6.16. The summed E-state index contributed by atoms with van der Waals surface area (Å²) in [5, 5.41) is 15.0. The Hall–Kier alpha value is -2.18. The Labute approximate surface area is 204 Å². The summed E-state index contributed by atoms with van der Waals surface area (Å²) >= 11 is 11.2. The van der Waals surface area contributed by atoms with Crippen LogP contribution >= 0.6 is 24.4 Å². The molecule has 0 saturated heterocycles. The maximum absolute atomic E-state index is 5.63. The van der Waals surface area contributed by atoms with Crippen LogP contribution in [0.4, 0.5) is 11.4 Å². The molecule has 4 nitrogen and oxygen atoms in total. The average Bonchev–Trinajstić information content (AvgIpc) is 2.65. The zero-order valence-electron chi connectivity index (χ0n) is 19.8. The van der Waals surface area contributed by atoms with Gasteiger partial charge in [0.15, 0.2) is 10.2 Å². The third-order valence-electron chi connectivity index (χ3n) is 6.01. The summed E-state index contributed by atoms with van der Waals surface area (Å²) in [4.78, 5) is 0. The fourth-order valence-corrected chi connectivity index (χ4v) is 5.61. The molecule has 1 aliphatic carbocycles. The predicted molar refractivity (Wildman–Crippen MR) is 145 cm³/mol. The van der Waals surface area contributed by atoms with Crippen LogP contribution in [0, 0.1) is 24.7 Å². The quantitative estimate of drug-likeness (QED) is 0.394. The summed E-state index contributed by atoms with van der Waals surface area (Å²) in [7, 11) is 0. The summed E-state index contributed by atoms with van der Waals surface area (Å²) in [5.41, 5.74) is 4.79. The third kappa shape index (κ3) is 7.45. The lowest BCUT2D eigenvalue weighted by atomic mass is 9.62. The molecule has 2 aromatic carbocycles. The van der Waals surface area contributed by atoms with Crippen molar-refractivity contribution in [3.8, 4) is 0 Å². The molecule has 172 valence electrons. The summed E-state index contributed by atoms with van der Waals surface area (Å²) in [5.74, 6) is 0. The number of hydrogen-bond donors (Lipinski definition) is 4. The van der Waals surface area contributed by atoms with Crippen molar-refractivity contribution in [1.29, 1.82) is 0 Å². The number of rotatable bonds is 5. The van der Waals surface area contributed by atoms with E-state index in [1.54, 1.807) is 0 Å². The molecule has 0 aromatic heterocycles. The lowest BCUT2D eigenvalue weighted by molar-refractivity contribution is 0.0807. The van der Waals surface area contributed by atoms with Gasteiger partial charge < -0.3 is 21.3 Å². The molecule has 0 heterocycles. The van der Waals surface area contributed by atoms with Gasteiger partial charge in [-0.15, -0.1) is 0 Å². The molecule has 2 aromatic rings. The number of anilines is 2. The van der Waals surface area contributed by atoms with Crippen molar-refractivity contribution >= 4 is 46.0 Å². The maximum Gasteiger partial charge on any atom is 0.170 e. The first-order valence-electron chi connectivity index (χ1n) is 11.3. The van der Waals surface area contributed by atoms with Gasteiger partial charge in [-0.05, 0) is 104 Å². The Balaban J connectivity index is 1.57. The molecule has 0 aliphatic heterocycles. The second-order valence-corrected chi connectivity index (χ2v) is 11.2. The minimum absolute atomic E-state index is 0.108. The van der Waals surface area contributed by atoms with Gasteiger partial charge in [0.2, 0.25) is 0 Å². The minimum atomic E-state index is 0.108. The van der Waals surface area contributed by atoms with Crippen LogP contribution in [0.15, 0.2) is 48.5 Å². The van der Waals surface area contributed by atoms with Gasteiger partial charge in [0.05, 0.1) is 0 Å². The Morgan fingerprint density at radius 2 is 1.44 bits per heavy atom. The largest absolute Gasteiger partial charge is 0.362 e. The fraction of sp³-hybridized carbons (Fsp3) is 0.462. The van der Waals surface area contributed by atoms with Crippen molar-refractivity contribution in [3.63, 3.8) is 0 Å². The van der Waals surface area contributed by atoms with E-state index in [9.17, 15) is 0 Å². The van der Waals surface area contributed by atoms with Crippen LogP contribution in [-0.2, 0) is 0 Å². The Morgan fingerprint density at radius 3 is 2.00 bits per heavy atom. The number of benzene rings is 2. The number of hydrogen-bond acceptors (Lipinski definition) is 2. The standard InChI is InChI=1S/C26H36N4S2/c1-18-8-6-10-20(12-18)28-23(31)27-17-26(5)15-22(14-25(3,4)16-26)30-24(32)29-21-11-7-9-19(2)13-21/h6-13,22H,14-17H2,1-5H3,(H2,27,28,31)(H2,29,30,32)/t22-,26-/m0/s1. The topological polar surface area (TPSA) is 48.1 Å². The van der Waals surface area contributed by atoms with Gasteiger partial charge in [-0.1, -0.05) is 45.0 Å². The van der Waals surface area contributed by atoms with E-state index in [2.05, 4.69) is 80.2 Å². The fourth-order valence-electron chi connectivity index (χ4n) is 5.14. The van der Waals surface area contributed by atoms with Gasteiger partial charge in [0, 0.05) is 24.0 Å². The first kappa shape index (κ1) is 24.5. The van der Waals surface area contributed by atoms with Crippen molar-refractivity contribution in [1.82, 2.24) is 10.6 Å². The maximum atomic E-state index is 5.63. The Bertz CT molecular complexity index is 972. The zero-order chi connectivity index (χ0) is 23.4. The first-order chi connectivity index (χ1) is 15.0. The molecular weight excluding hydrogens is 432 g/mol. The molecule has 0 bridgehead atoms. The van der Waals surface area contributed by atoms with Crippen molar-refractivity contribution in [2.24, 2.45) is 10.8 Å². The molecule has 2 atom stereocenters. The van der Waals surface area contributed by atoms with E-state index >= 15 is 0 Å². The molecule has 6 heteroatoms. The SMILES string of the molecule is Cc1cccc(NC(=S)NC[C@@]2(C)C[C@@H](NC(=S)Nc3cccc(C)c3)CC(C)(C)C2)c1. The van der Waals surface area contributed by atoms with Gasteiger partial charge in [-0.2, -0.15) is 0 Å². The van der Waals surface area contributed by atoms with Crippen LogP contribution in [0.2, 0.25) is 0 Å². The average molecular weight is 469 g/mol. The summed E-state index contributed by atoms with van der Waals surface area (Å²) in [6, 6.07) is 16.8. The zero-order valence-corrected chi connectivity index (χ0v) is 21.5. The van der Waals surface area contributed by atoms with Crippen molar-refractivity contribution in [2.45, 2.75) is 59.9 Å². The number of aryl methyl sites for hydroxylation is 2. The van der Waals surface area contributed by atoms with Crippen molar-refractivity contribution < 1.29 is 0 Å². The highest BCUT2D eigenvalue weighted by Gasteiger charge is 2.41. The van der Waals surface area contributed by atoms with E-state index in [4.69, 9.17) is 24.4 Å². The first-order valence-corrected chi connectivity index (χ1v) is 12.1. The van der Waals surface area contributed by atoms with E-state index in [0.717, 1.165) is 37.2 Å². The van der Waals surface area contributed by atoms with Gasteiger partial charge in [-0.25, -0.2) is 0 Å². The van der Waals surface area contributed by atoms with Crippen LogP contribution in [0.3, 0.4) is 0 Å². The van der Waals surface area contributed by atoms with Crippen LogP contribution in [0.1, 0.15) is 51.2 Å². The molecule has 32 heavy (non-hydrogen) atoms. The number of nitrogens with one attached hydrogen (secondary N) is 4. The van der Waals surface area contributed by atoms with E-state index in [1.165, 1.54) is 11.1 Å². The van der Waals surface area contributed by atoms with Crippen molar-refractivity contribution in [3.05, 3.63) is 59.7 Å². The summed E-state index contributed by atoms with van der Waals surface area (Å²) in [6.45, 7) is 12.0.